The maximum absolute atomic E-state index is 6.44. The molecule has 0 amide bonds. The Balaban J connectivity index is 1.96. The van der Waals surface area contributed by atoms with Crippen LogP contribution in [0, 0.1) is 5.92 Å². The second-order valence-corrected chi connectivity index (χ2v) is 6.42. The van der Waals surface area contributed by atoms with Gasteiger partial charge < -0.3 is 15.1 Å². The van der Waals surface area contributed by atoms with E-state index in [0.717, 1.165) is 30.6 Å². The number of benzene rings is 1. The summed E-state index contributed by atoms with van der Waals surface area (Å²) >= 11 is 6.44. The summed E-state index contributed by atoms with van der Waals surface area (Å²) in [6, 6.07) is 6.42. The Kier molecular flexibility index (Phi) is 5.70. The van der Waals surface area contributed by atoms with Gasteiger partial charge in [-0.15, -0.1) is 0 Å². The van der Waals surface area contributed by atoms with Crippen molar-refractivity contribution >= 4 is 17.3 Å². The van der Waals surface area contributed by atoms with Gasteiger partial charge in [-0.1, -0.05) is 17.7 Å². The summed E-state index contributed by atoms with van der Waals surface area (Å²) in [6.45, 7) is 4.29. The second-order valence-electron chi connectivity index (χ2n) is 6.01. The summed E-state index contributed by atoms with van der Waals surface area (Å²) in [6.07, 6.45) is 2.51. The molecule has 1 aliphatic rings. The van der Waals surface area contributed by atoms with Crippen LogP contribution in [0.3, 0.4) is 0 Å². The molecule has 2 rings (SSSR count). The third-order valence-corrected chi connectivity index (χ3v) is 4.27. The lowest BCUT2D eigenvalue weighted by Gasteiger charge is -2.35. The molecule has 1 saturated heterocycles. The van der Waals surface area contributed by atoms with Crippen LogP contribution in [0.15, 0.2) is 18.2 Å². The predicted octanol–water partition coefficient (Wildman–Crippen LogP) is 2.84. The fraction of sp³-hybridized carbons (Fsp3) is 0.625. The van der Waals surface area contributed by atoms with Crippen LogP contribution in [-0.2, 0) is 6.54 Å². The maximum Gasteiger partial charge on any atom is 0.0642 e. The lowest BCUT2D eigenvalue weighted by molar-refractivity contribution is 0.285. The fourth-order valence-corrected chi connectivity index (χ4v) is 3.32. The summed E-state index contributed by atoms with van der Waals surface area (Å²) < 4.78 is 0. The summed E-state index contributed by atoms with van der Waals surface area (Å²) in [4.78, 5) is 4.72. The maximum atomic E-state index is 6.44. The number of nitrogens with one attached hydrogen (secondary N) is 1. The first kappa shape index (κ1) is 15.6. The van der Waals surface area contributed by atoms with Crippen molar-refractivity contribution in [1.29, 1.82) is 0 Å². The van der Waals surface area contributed by atoms with Gasteiger partial charge in [0.25, 0.3) is 0 Å². The molecule has 20 heavy (non-hydrogen) atoms. The number of piperidine rings is 1. The van der Waals surface area contributed by atoms with Crippen molar-refractivity contribution < 1.29 is 0 Å². The van der Waals surface area contributed by atoms with Crippen molar-refractivity contribution in [3.63, 3.8) is 0 Å². The molecular formula is C16H26ClN3. The van der Waals surface area contributed by atoms with Gasteiger partial charge in [0.15, 0.2) is 0 Å². The molecular weight excluding hydrogens is 270 g/mol. The number of hydrogen-bond donors (Lipinski definition) is 1. The molecule has 0 bridgehead atoms. The van der Waals surface area contributed by atoms with Crippen molar-refractivity contribution in [3.05, 3.63) is 28.8 Å². The molecule has 4 heteroatoms. The average Bonchev–Trinajstić information content (AvgIpc) is 2.40. The van der Waals surface area contributed by atoms with Gasteiger partial charge in [0.2, 0.25) is 0 Å². The van der Waals surface area contributed by atoms with Crippen LogP contribution in [0.1, 0.15) is 18.4 Å². The average molecular weight is 296 g/mol. The minimum absolute atomic E-state index is 0.823. The van der Waals surface area contributed by atoms with E-state index < -0.39 is 0 Å². The minimum atomic E-state index is 0.823. The van der Waals surface area contributed by atoms with Crippen LogP contribution >= 0.6 is 11.6 Å². The Morgan fingerprint density at radius 1 is 1.30 bits per heavy atom. The van der Waals surface area contributed by atoms with Crippen molar-refractivity contribution in [1.82, 2.24) is 10.2 Å². The first-order valence-electron chi connectivity index (χ1n) is 7.43. The van der Waals surface area contributed by atoms with Gasteiger partial charge in [-0.2, -0.15) is 0 Å². The van der Waals surface area contributed by atoms with E-state index in [-0.39, 0.29) is 0 Å². The molecule has 0 unspecified atom stereocenters. The van der Waals surface area contributed by atoms with Gasteiger partial charge in [-0.05, 0) is 57.6 Å². The van der Waals surface area contributed by atoms with E-state index in [9.17, 15) is 0 Å². The van der Waals surface area contributed by atoms with Crippen LogP contribution in [0.5, 0.6) is 0 Å². The van der Waals surface area contributed by atoms with Gasteiger partial charge in [-0.25, -0.2) is 0 Å². The van der Waals surface area contributed by atoms with Gasteiger partial charge >= 0.3 is 0 Å². The highest BCUT2D eigenvalue weighted by Crippen LogP contribution is 2.30. The van der Waals surface area contributed by atoms with E-state index in [1.807, 2.05) is 7.05 Å². The van der Waals surface area contributed by atoms with Gasteiger partial charge in [0.1, 0.15) is 0 Å². The first-order chi connectivity index (χ1) is 9.60. The molecule has 0 atom stereocenters. The normalized spacial score (nSPS) is 16.9. The molecule has 1 aromatic carbocycles. The Labute approximate surface area is 127 Å². The zero-order valence-corrected chi connectivity index (χ0v) is 13.6. The molecule has 1 aromatic rings. The zero-order valence-electron chi connectivity index (χ0n) is 12.8. The topological polar surface area (TPSA) is 18.5 Å². The number of rotatable bonds is 5. The van der Waals surface area contributed by atoms with Gasteiger partial charge in [0.05, 0.1) is 10.7 Å². The Morgan fingerprint density at radius 3 is 2.55 bits per heavy atom. The predicted molar refractivity (Wildman–Crippen MR) is 87.7 cm³/mol. The van der Waals surface area contributed by atoms with Crippen LogP contribution in [-0.4, -0.2) is 45.7 Å². The lowest BCUT2D eigenvalue weighted by atomic mass is 9.96. The highest BCUT2D eigenvalue weighted by molar-refractivity contribution is 6.33. The van der Waals surface area contributed by atoms with Gasteiger partial charge in [-0.3, -0.25) is 0 Å². The molecule has 0 aliphatic carbocycles. The minimum Gasteiger partial charge on any atom is -0.370 e. The summed E-state index contributed by atoms with van der Waals surface area (Å²) in [7, 11) is 6.27. The molecule has 0 saturated carbocycles. The van der Waals surface area contributed by atoms with E-state index in [1.165, 1.54) is 30.6 Å². The van der Waals surface area contributed by atoms with E-state index in [1.54, 1.807) is 0 Å². The zero-order chi connectivity index (χ0) is 14.5. The van der Waals surface area contributed by atoms with Crippen molar-refractivity contribution in [2.24, 2.45) is 5.92 Å². The van der Waals surface area contributed by atoms with Crippen LogP contribution in [0.2, 0.25) is 5.02 Å². The molecule has 1 aliphatic heterocycles. The smallest absolute Gasteiger partial charge is 0.0642 e. The Bertz CT molecular complexity index is 426. The Hall–Kier alpha value is -0.770. The molecule has 0 aromatic heterocycles. The van der Waals surface area contributed by atoms with Crippen molar-refractivity contribution in [2.75, 3.05) is 45.7 Å². The largest absolute Gasteiger partial charge is 0.370 e. The standard InChI is InChI=1S/C16H26ClN3/c1-18-11-14-4-5-16(15(17)10-14)20-8-6-13(7-9-20)12-19(2)3/h4-5,10,13,18H,6-9,11-12H2,1-3H3. The molecule has 0 radical (unpaired) electrons. The quantitative estimate of drug-likeness (QED) is 0.901. The number of halogens is 1. The van der Waals surface area contributed by atoms with Crippen molar-refractivity contribution in [2.45, 2.75) is 19.4 Å². The number of hydrogen-bond acceptors (Lipinski definition) is 3. The van der Waals surface area contributed by atoms with Crippen LogP contribution < -0.4 is 10.2 Å². The van der Waals surface area contributed by atoms with E-state index in [2.05, 4.69) is 47.4 Å². The number of anilines is 1. The first-order valence-corrected chi connectivity index (χ1v) is 7.80. The molecule has 1 N–H and O–H groups in total. The highest BCUT2D eigenvalue weighted by Gasteiger charge is 2.21. The van der Waals surface area contributed by atoms with Crippen molar-refractivity contribution in [3.8, 4) is 0 Å². The third kappa shape index (κ3) is 4.11. The Morgan fingerprint density at radius 2 is 2.00 bits per heavy atom. The van der Waals surface area contributed by atoms with E-state index in [0.29, 0.717) is 0 Å². The molecule has 1 fully saturated rings. The molecule has 112 valence electrons. The lowest BCUT2D eigenvalue weighted by Crippen LogP contribution is -2.37. The second kappa shape index (κ2) is 7.30. The van der Waals surface area contributed by atoms with E-state index >= 15 is 0 Å². The SMILES string of the molecule is CNCc1ccc(N2CCC(CN(C)C)CC2)c(Cl)c1. The summed E-state index contributed by atoms with van der Waals surface area (Å²) in [5, 5.41) is 4.04. The molecule has 1 heterocycles. The van der Waals surface area contributed by atoms with E-state index in [4.69, 9.17) is 11.6 Å². The van der Waals surface area contributed by atoms with Crippen LogP contribution in [0.25, 0.3) is 0 Å². The molecule has 0 spiro atoms. The van der Waals surface area contributed by atoms with Crippen LogP contribution in [0.4, 0.5) is 5.69 Å². The number of nitrogens with zero attached hydrogens (tertiary/aromatic N) is 2. The summed E-state index contributed by atoms with van der Waals surface area (Å²) in [5.74, 6) is 0.823. The van der Waals surface area contributed by atoms with Gasteiger partial charge in [0, 0.05) is 26.2 Å². The monoisotopic (exact) mass is 295 g/mol. The summed E-state index contributed by atoms with van der Waals surface area (Å²) in [5.41, 5.74) is 2.43. The highest BCUT2D eigenvalue weighted by atomic mass is 35.5. The third-order valence-electron chi connectivity index (χ3n) is 3.97. The fourth-order valence-electron chi connectivity index (χ4n) is 2.99. The molecule has 3 nitrogen and oxygen atoms in total.